The zero-order valence-electron chi connectivity index (χ0n) is 15.5. The van der Waals surface area contributed by atoms with Gasteiger partial charge in [0.05, 0.1) is 14.1 Å². The Morgan fingerprint density at radius 1 is 0.960 bits per heavy atom. The van der Waals surface area contributed by atoms with Crippen LogP contribution in [-0.2, 0) is 4.79 Å². The van der Waals surface area contributed by atoms with Crippen LogP contribution >= 0.6 is 0 Å². The molecule has 2 aromatic carbocycles. The molecule has 1 N–H and O–H groups in total. The molecule has 0 aromatic heterocycles. The third kappa shape index (κ3) is 6.55. The van der Waals surface area contributed by atoms with Crippen molar-refractivity contribution in [1.82, 2.24) is 5.32 Å². The van der Waals surface area contributed by atoms with E-state index in [9.17, 15) is 4.79 Å². The minimum Gasteiger partial charge on any atom is -0.346 e. The topological polar surface area (TPSA) is 29.1 Å². The second-order valence-electron chi connectivity index (χ2n) is 7.31. The molecule has 3 heteroatoms. The van der Waals surface area contributed by atoms with Gasteiger partial charge in [0.2, 0.25) is 5.91 Å². The fourth-order valence-electron chi connectivity index (χ4n) is 2.42. The van der Waals surface area contributed by atoms with Crippen LogP contribution in [0.5, 0.6) is 0 Å². The Morgan fingerprint density at radius 3 is 2.08 bits per heavy atom. The third-order valence-corrected chi connectivity index (χ3v) is 4.98. The van der Waals surface area contributed by atoms with Gasteiger partial charge in [0, 0.05) is 6.08 Å². The number of hydrogen-bond acceptors (Lipinski definition) is 1. The molecular weight excluding hydrogens is 322 g/mol. The SMILES string of the molecule is CC(NC(=O)/C=C(/C=C/[Si](C)(C)C)c1ccccc1)c1ccccc1. The van der Waals surface area contributed by atoms with E-state index in [4.69, 9.17) is 0 Å². The van der Waals surface area contributed by atoms with Crippen LogP contribution < -0.4 is 5.32 Å². The summed E-state index contributed by atoms with van der Waals surface area (Å²) in [4.78, 5) is 12.5. The van der Waals surface area contributed by atoms with Gasteiger partial charge in [-0.2, -0.15) is 0 Å². The van der Waals surface area contributed by atoms with Crippen molar-refractivity contribution in [2.75, 3.05) is 0 Å². The summed E-state index contributed by atoms with van der Waals surface area (Å²) in [5, 5.41) is 3.06. The quantitative estimate of drug-likeness (QED) is 0.423. The lowest BCUT2D eigenvalue weighted by molar-refractivity contribution is -0.117. The Bertz CT molecular complexity index is 743. The summed E-state index contributed by atoms with van der Waals surface area (Å²) in [5.74, 6) is -0.0737. The molecular formula is C22H27NOSi. The van der Waals surface area contributed by atoms with Crippen LogP contribution in [0.25, 0.3) is 5.57 Å². The first kappa shape index (κ1) is 18.9. The maximum atomic E-state index is 12.5. The average molecular weight is 350 g/mol. The number of hydrogen-bond donors (Lipinski definition) is 1. The van der Waals surface area contributed by atoms with E-state index in [-0.39, 0.29) is 11.9 Å². The number of carbonyl (C=O) groups is 1. The van der Waals surface area contributed by atoms with Crippen molar-refractivity contribution in [1.29, 1.82) is 0 Å². The van der Waals surface area contributed by atoms with E-state index >= 15 is 0 Å². The molecule has 1 atom stereocenters. The summed E-state index contributed by atoms with van der Waals surface area (Å²) in [5.41, 5.74) is 5.36. The van der Waals surface area contributed by atoms with Gasteiger partial charge in [-0.05, 0) is 23.6 Å². The maximum Gasteiger partial charge on any atom is 0.245 e. The fraction of sp³-hybridized carbons (Fsp3) is 0.227. The van der Waals surface area contributed by atoms with Crippen molar-refractivity contribution in [3.05, 3.63) is 89.6 Å². The summed E-state index contributed by atoms with van der Waals surface area (Å²) in [6.45, 7) is 8.85. The molecule has 1 amide bonds. The molecule has 0 aliphatic carbocycles. The van der Waals surface area contributed by atoms with E-state index in [2.05, 4.69) is 36.7 Å². The molecule has 0 aliphatic rings. The zero-order chi connectivity index (χ0) is 18.3. The van der Waals surface area contributed by atoms with Crippen LogP contribution in [0.1, 0.15) is 24.1 Å². The summed E-state index contributed by atoms with van der Waals surface area (Å²) in [7, 11) is -1.34. The van der Waals surface area contributed by atoms with E-state index in [0.29, 0.717) is 0 Å². The molecule has 0 saturated heterocycles. The van der Waals surface area contributed by atoms with Crippen molar-refractivity contribution in [2.45, 2.75) is 32.6 Å². The van der Waals surface area contributed by atoms with Gasteiger partial charge in [-0.3, -0.25) is 4.79 Å². The molecule has 130 valence electrons. The minimum absolute atomic E-state index is 0.0251. The van der Waals surface area contributed by atoms with Crippen LogP contribution in [0.15, 0.2) is 78.5 Å². The Balaban J connectivity index is 2.21. The number of amides is 1. The van der Waals surface area contributed by atoms with Crippen LogP contribution in [0.4, 0.5) is 0 Å². The molecule has 1 unspecified atom stereocenters. The molecule has 0 radical (unpaired) electrons. The average Bonchev–Trinajstić information content (AvgIpc) is 2.59. The van der Waals surface area contributed by atoms with Crippen LogP contribution in [0.3, 0.4) is 0 Å². The predicted octanol–water partition coefficient (Wildman–Crippen LogP) is 5.38. The minimum atomic E-state index is -1.34. The second-order valence-corrected chi connectivity index (χ2v) is 12.4. The van der Waals surface area contributed by atoms with E-state index in [1.807, 2.05) is 67.6 Å². The first-order chi connectivity index (χ1) is 11.8. The van der Waals surface area contributed by atoms with Gasteiger partial charge in [0.15, 0.2) is 0 Å². The van der Waals surface area contributed by atoms with Gasteiger partial charge in [0.1, 0.15) is 0 Å². The van der Waals surface area contributed by atoms with E-state index < -0.39 is 8.07 Å². The van der Waals surface area contributed by atoms with Crippen LogP contribution in [-0.4, -0.2) is 14.0 Å². The Hall–Kier alpha value is -2.39. The lowest BCUT2D eigenvalue weighted by atomic mass is 10.1. The van der Waals surface area contributed by atoms with Gasteiger partial charge in [-0.25, -0.2) is 0 Å². The molecule has 2 aromatic rings. The summed E-state index contributed by atoms with van der Waals surface area (Å²) in [6, 6.07) is 20.0. The van der Waals surface area contributed by atoms with E-state index in [1.165, 1.54) is 0 Å². The van der Waals surface area contributed by atoms with E-state index in [0.717, 1.165) is 16.7 Å². The fourth-order valence-corrected chi connectivity index (χ4v) is 3.10. The highest BCUT2D eigenvalue weighted by Gasteiger charge is 2.11. The maximum absolute atomic E-state index is 12.5. The van der Waals surface area contributed by atoms with Gasteiger partial charge in [-0.15, -0.1) is 0 Å². The highest BCUT2D eigenvalue weighted by Crippen LogP contribution is 2.18. The number of allylic oxidation sites excluding steroid dienone is 2. The van der Waals surface area contributed by atoms with Crippen molar-refractivity contribution in [2.24, 2.45) is 0 Å². The number of nitrogens with one attached hydrogen (secondary N) is 1. The molecule has 2 nitrogen and oxygen atoms in total. The molecule has 25 heavy (non-hydrogen) atoms. The van der Waals surface area contributed by atoms with Crippen LogP contribution in [0, 0.1) is 0 Å². The summed E-state index contributed by atoms with van der Waals surface area (Å²) < 4.78 is 0. The largest absolute Gasteiger partial charge is 0.346 e. The predicted molar refractivity (Wildman–Crippen MR) is 110 cm³/mol. The van der Waals surface area contributed by atoms with E-state index in [1.54, 1.807) is 6.08 Å². The van der Waals surface area contributed by atoms with Gasteiger partial charge in [-0.1, -0.05) is 92.1 Å². The van der Waals surface area contributed by atoms with Gasteiger partial charge in [0.25, 0.3) is 0 Å². The second kappa shape index (κ2) is 8.63. The standard InChI is InChI=1S/C22H27NOSi/c1-18(19-11-7-5-8-12-19)23-22(24)17-21(15-16-25(2,3)4)20-13-9-6-10-14-20/h5-18H,1-4H3,(H,23,24)/b16-15+,21-17-. The molecule has 0 bridgehead atoms. The zero-order valence-corrected chi connectivity index (χ0v) is 16.5. The normalized spacial score (nSPS) is 13.7. The third-order valence-electron chi connectivity index (χ3n) is 3.81. The first-order valence-corrected chi connectivity index (χ1v) is 12.2. The van der Waals surface area contributed by atoms with Gasteiger partial charge >= 0.3 is 0 Å². The summed E-state index contributed by atoms with van der Waals surface area (Å²) >= 11 is 0. The molecule has 0 heterocycles. The highest BCUT2D eigenvalue weighted by atomic mass is 28.3. The molecule has 0 spiro atoms. The monoisotopic (exact) mass is 349 g/mol. The number of rotatable bonds is 6. The molecule has 2 rings (SSSR count). The van der Waals surface area contributed by atoms with Crippen LogP contribution in [0.2, 0.25) is 19.6 Å². The summed E-state index contributed by atoms with van der Waals surface area (Å²) in [6.07, 6.45) is 3.79. The molecule has 0 fully saturated rings. The lowest BCUT2D eigenvalue weighted by Gasteiger charge is -2.14. The molecule has 0 aliphatic heterocycles. The Morgan fingerprint density at radius 2 is 1.52 bits per heavy atom. The highest BCUT2D eigenvalue weighted by molar-refractivity contribution is 6.81. The number of carbonyl (C=O) groups excluding carboxylic acids is 1. The van der Waals surface area contributed by atoms with Crippen molar-refractivity contribution in [3.8, 4) is 0 Å². The van der Waals surface area contributed by atoms with Crippen molar-refractivity contribution < 1.29 is 4.79 Å². The molecule has 0 saturated carbocycles. The Kier molecular flexibility index (Phi) is 6.54. The first-order valence-electron chi connectivity index (χ1n) is 8.67. The number of benzene rings is 2. The van der Waals surface area contributed by atoms with Crippen molar-refractivity contribution in [3.63, 3.8) is 0 Å². The van der Waals surface area contributed by atoms with Crippen molar-refractivity contribution >= 4 is 19.6 Å². The Labute approximate surface area is 152 Å². The smallest absolute Gasteiger partial charge is 0.245 e. The van der Waals surface area contributed by atoms with Gasteiger partial charge < -0.3 is 5.32 Å². The lowest BCUT2D eigenvalue weighted by Crippen LogP contribution is -2.25.